The molecule has 1 aromatic heterocycles. The van der Waals surface area contributed by atoms with E-state index in [9.17, 15) is 4.79 Å². The van der Waals surface area contributed by atoms with Gasteiger partial charge in [-0.1, -0.05) is 41.1 Å². The molecule has 0 atom stereocenters. The van der Waals surface area contributed by atoms with Crippen LogP contribution in [0.1, 0.15) is 6.92 Å². The number of hydrazone groups is 1. The third kappa shape index (κ3) is 2.95. The lowest BCUT2D eigenvalue weighted by molar-refractivity contribution is -0.510. The van der Waals surface area contributed by atoms with Crippen LogP contribution in [0.15, 0.2) is 83.7 Å². The lowest BCUT2D eigenvalue weighted by Gasteiger charge is -2.28. The summed E-state index contributed by atoms with van der Waals surface area (Å²) in [5, 5.41) is 3.53. The summed E-state index contributed by atoms with van der Waals surface area (Å²) in [6.45, 7) is 1.89. The Bertz CT molecular complexity index is 1370. The molecule has 154 valence electrons. The van der Waals surface area contributed by atoms with Crippen LogP contribution in [0.4, 0.5) is 11.4 Å². The summed E-state index contributed by atoms with van der Waals surface area (Å²) in [5.41, 5.74) is 2.35. The number of para-hydroxylation sites is 1. The minimum atomic E-state index is -0.134. The molecule has 0 unspecified atom stereocenters. The predicted octanol–water partition coefficient (Wildman–Crippen LogP) is 4.51. The van der Waals surface area contributed by atoms with Gasteiger partial charge in [0.1, 0.15) is 11.4 Å². The van der Waals surface area contributed by atoms with Crippen LogP contribution in [-0.2, 0) is 0 Å². The first-order chi connectivity index (χ1) is 15.1. The molecule has 1 aliphatic rings. The van der Waals surface area contributed by atoms with Crippen LogP contribution in [0.5, 0.6) is 11.6 Å². The van der Waals surface area contributed by atoms with Crippen molar-refractivity contribution in [1.82, 2.24) is 4.57 Å². The molecule has 4 aromatic rings. The van der Waals surface area contributed by atoms with Gasteiger partial charge in [0.05, 0.1) is 25.1 Å². The summed E-state index contributed by atoms with van der Waals surface area (Å²) >= 11 is 0. The second kappa shape index (κ2) is 7.32. The number of rotatable bonds is 3. The highest BCUT2D eigenvalue weighted by atomic mass is 16.5. The van der Waals surface area contributed by atoms with Crippen LogP contribution in [0.2, 0.25) is 0 Å². The topological polar surface area (TPSA) is 46.7 Å². The molecular weight excluding hydrogens is 390 g/mol. The van der Waals surface area contributed by atoms with Gasteiger partial charge in [0, 0.05) is 5.39 Å². The number of fused-ring (bicyclic) bond motifs is 3. The molecule has 5 rings (SSSR count). The molecule has 0 N–H and O–H groups in total. The molecule has 0 radical (unpaired) electrons. The van der Waals surface area contributed by atoms with Crippen LogP contribution >= 0.6 is 0 Å². The quantitative estimate of drug-likeness (QED) is 0.465. The molecule has 0 spiro atoms. The number of methoxy groups -OCH3 is 1. The Balaban J connectivity index is 1.89. The van der Waals surface area contributed by atoms with E-state index in [-0.39, 0.29) is 5.56 Å². The summed E-state index contributed by atoms with van der Waals surface area (Å²) in [5.74, 6) is 1.86. The third-order valence-corrected chi connectivity index (χ3v) is 5.56. The lowest BCUT2D eigenvalue weighted by atomic mass is 10.1. The molecule has 0 aliphatic carbocycles. The average molecular weight is 412 g/mol. The molecule has 0 fully saturated rings. The lowest BCUT2D eigenvalue weighted by Crippen LogP contribution is -2.40. The molecule has 0 saturated heterocycles. The monoisotopic (exact) mass is 412 g/mol. The second-order valence-electron chi connectivity index (χ2n) is 7.33. The first-order valence-corrected chi connectivity index (χ1v) is 10.0. The Morgan fingerprint density at radius 2 is 1.48 bits per heavy atom. The Labute approximate surface area is 179 Å². The maximum Gasteiger partial charge on any atom is 0.369 e. The Morgan fingerprint density at radius 1 is 0.839 bits per heavy atom. The van der Waals surface area contributed by atoms with E-state index < -0.39 is 0 Å². The molecule has 2 heterocycles. The fourth-order valence-electron chi connectivity index (χ4n) is 3.94. The van der Waals surface area contributed by atoms with Crippen LogP contribution in [0, 0.1) is 0 Å². The maximum atomic E-state index is 13.6. The highest BCUT2D eigenvalue weighted by Crippen LogP contribution is 2.42. The van der Waals surface area contributed by atoms with Crippen LogP contribution in [0.25, 0.3) is 16.5 Å². The van der Waals surface area contributed by atoms with E-state index in [0.717, 1.165) is 22.5 Å². The zero-order valence-corrected chi connectivity index (χ0v) is 17.6. The van der Waals surface area contributed by atoms with E-state index in [4.69, 9.17) is 9.47 Å². The highest BCUT2D eigenvalue weighted by Gasteiger charge is 2.36. The number of nitrogens with zero attached hydrogens (tertiary/aromatic N) is 3. The van der Waals surface area contributed by atoms with Gasteiger partial charge in [-0.05, 0) is 42.5 Å². The van der Waals surface area contributed by atoms with Gasteiger partial charge in [-0.15, -0.1) is 5.01 Å². The maximum absolute atomic E-state index is 13.6. The van der Waals surface area contributed by atoms with E-state index in [1.165, 1.54) is 0 Å². The fraction of sp³-hybridized carbons (Fsp3) is 0.120. The van der Waals surface area contributed by atoms with Gasteiger partial charge in [-0.25, -0.2) is 4.57 Å². The summed E-state index contributed by atoms with van der Waals surface area (Å²) in [4.78, 5) is 13.6. The summed E-state index contributed by atoms with van der Waals surface area (Å²) in [6.07, 6.45) is 0. The van der Waals surface area contributed by atoms with Crippen molar-refractivity contribution in [2.45, 2.75) is 6.92 Å². The zero-order chi connectivity index (χ0) is 21.5. The molecule has 31 heavy (non-hydrogen) atoms. The van der Waals surface area contributed by atoms with E-state index in [0.29, 0.717) is 22.9 Å². The normalized spacial score (nSPS) is 13.2. The second-order valence-corrected chi connectivity index (χ2v) is 7.33. The van der Waals surface area contributed by atoms with E-state index in [1.807, 2.05) is 97.5 Å². The van der Waals surface area contributed by atoms with Gasteiger partial charge < -0.3 is 9.47 Å². The number of hydrogen-bond acceptors (Lipinski definition) is 4. The molecule has 6 nitrogen and oxygen atoms in total. The minimum absolute atomic E-state index is 0.134. The van der Waals surface area contributed by atoms with Gasteiger partial charge >= 0.3 is 5.90 Å². The number of ether oxygens (including phenoxy) is 2. The van der Waals surface area contributed by atoms with Crippen molar-refractivity contribution in [3.8, 4) is 17.3 Å². The predicted molar refractivity (Wildman–Crippen MR) is 122 cm³/mol. The van der Waals surface area contributed by atoms with Gasteiger partial charge in [-0.3, -0.25) is 4.79 Å². The summed E-state index contributed by atoms with van der Waals surface area (Å²) in [7, 11) is 3.57. The Morgan fingerprint density at radius 3 is 2.16 bits per heavy atom. The van der Waals surface area contributed by atoms with Crippen molar-refractivity contribution in [1.29, 1.82) is 0 Å². The minimum Gasteiger partial charge on any atom is -0.497 e. The van der Waals surface area contributed by atoms with E-state index in [1.54, 1.807) is 11.7 Å². The molecule has 1 aliphatic heterocycles. The number of anilines is 2. The fourth-order valence-corrected chi connectivity index (χ4v) is 3.94. The number of hydrogen-bond donors (Lipinski definition) is 0. The molecule has 0 bridgehead atoms. The molecule has 0 amide bonds. The number of benzene rings is 3. The number of hydrazine groups is 1. The SMILES string of the molecule is COc1ccc(-n2c3c(c4ccccc4c2=O)N(c2ccccc2)[N+](C)=C(C)O3)cc1. The highest BCUT2D eigenvalue weighted by molar-refractivity contribution is 5.99. The first-order valence-electron chi connectivity index (χ1n) is 10.0. The summed E-state index contributed by atoms with van der Waals surface area (Å²) < 4.78 is 15.1. The van der Waals surface area contributed by atoms with E-state index >= 15 is 0 Å². The van der Waals surface area contributed by atoms with Crippen molar-refractivity contribution in [2.75, 3.05) is 19.2 Å². The van der Waals surface area contributed by atoms with E-state index in [2.05, 4.69) is 5.01 Å². The van der Waals surface area contributed by atoms with Gasteiger partial charge in [0.15, 0.2) is 12.7 Å². The van der Waals surface area contributed by atoms with Gasteiger partial charge in [-0.2, -0.15) is 0 Å². The van der Waals surface area contributed by atoms with Crippen molar-refractivity contribution in [3.63, 3.8) is 0 Å². The molecular formula is C25H22N3O3+. The van der Waals surface area contributed by atoms with Gasteiger partial charge in [0.25, 0.3) is 5.56 Å². The number of pyridine rings is 1. The van der Waals surface area contributed by atoms with Crippen molar-refractivity contribution < 1.29 is 14.2 Å². The Hall–Kier alpha value is -4.06. The van der Waals surface area contributed by atoms with Crippen LogP contribution in [-0.4, -0.2) is 29.3 Å². The molecule has 3 aromatic carbocycles. The zero-order valence-electron chi connectivity index (χ0n) is 17.6. The first kappa shape index (κ1) is 18.9. The third-order valence-electron chi connectivity index (χ3n) is 5.56. The molecule has 0 saturated carbocycles. The summed E-state index contributed by atoms with van der Waals surface area (Å²) in [6, 6.07) is 25.1. The smallest absolute Gasteiger partial charge is 0.369 e. The van der Waals surface area contributed by atoms with Crippen molar-refractivity contribution >= 4 is 28.0 Å². The van der Waals surface area contributed by atoms with Crippen LogP contribution in [0.3, 0.4) is 0 Å². The van der Waals surface area contributed by atoms with Crippen LogP contribution < -0.4 is 20.0 Å². The Kier molecular flexibility index (Phi) is 4.47. The average Bonchev–Trinajstić information content (AvgIpc) is 2.81. The standard InChI is InChI=1S/C25H22N3O3/c1-17-26(2)28(19-9-5-4-6-10-19)23-21-11-7-8-12-22(21)24(29)27(25(23)31-17)18-13-15-20(30-3)16-14-18/h4-16H,1-3H3/q+1. The van der Waals surface area contributed by atoms with Crippen molar-refractivity contribution in [3.05, 3.63) is 89.2 Å². The van der Waals surface area contributed by atoms with Gasteiger partial charge in [0.2, 0.25) is 5.88 Å². The largest absolute Gasteiger partial charge is 0.497 e. The molecule has 6 heteroatoms. The van der Waals surface area contributed by atoms with Crippen molar-refractivity contribution in [2.24, 2.45) is 0 Å². The number of aromatic nitrogens is 1.